The molecule has 7 nitrogen and oxygen atoms in total. The average Bonchev–Trinajstić information content (AvgIpc) is 2.66. The van der Waals surface area contributed by atoms with E-state index in [9.17, 15) is 14.4 Å². The highest BCUT2D eigenvalue weighted by Crippen LogP contribution is 2.21. The van der Waals surface area contributed by atoms with Gasteiger partial charge >= 0.3 is 11.9 Å². The fourth-order valence-electron chi connectivity index (χ4n) is 2.20. The van der Waals surface area contributed by atoms with E-state index in [1.54, 1.807) is 44.2 Å². The van der Waals surface area contributed by atoms with Crippen molar-refractivity contribution in [2.24, 2.45) is 0 Å². The lowest BCUT2D eigenvalue weighted by Gasteiger charge is -2.10. The third-order valence-electron chi connectivity index (χ3n) is 3.53. The van der Waals surface area contributed by atoms with E-state index in [0.717, 1.165) is 5.56 Å². The van der Waals surface area contributed by atoms with Crippen LogP contribution in [-0.4, -0.2) is 37.7 Å². The summed E-state index contributed by atoms with van der Waals surface area (Å²) in [5, 5.41) is 3.13. The summed E-state index contributed by atoms with van der Waals surface area (Å²) in [4.78, 5) is 35.2. The lowest BCUT2D eigenvalue weighted by atomic mass is 10.2. The van der Waals surface area contributed by atoms with Gasteiger partial charge in [-0.3, -0.25) is 4.79 Å². The molecule has 0 aliphatic rings. The van der Waals surface area contributed by atoms with Crippen LogP contribution in [0.5, 0.6) is 5.75 Å². The summed E-state index contributed by atoms with van der Waals surface area (Å²) in [6.45, 7) is 3.01. The molecule has 1 N–H and O–H groups in total. The van der Waals surface area contributed by atoms with Crippen molar-refractivity contribution in [2.45, 2.75) is 13.8 Å². The van der Waals surface area contributed by atoms with Gasteiger partial charge in [-0.25, -0.2) is 9.59 Å². The van der Waals surface area contributed by atoms with Crippen molar-refractivity contribution in [1.82, 2.24) is 0 Å². The number of rotatable bonds is 8. The van der Waals surface area contributed by atoms with Gasteiger partial charge in [-0.1, -0.05) is 11.6 Å². The Balaban J connectivity index is 1.75. The SMILES string of the molecule is CCOC(=O)c1ccc(NC(=O)COC(=O)COc2ccc(Cl)cc2C)cc1. The van der Waals surface area contributed by atoms with Crippen LogP contribution in [0.3, 0.4) is 0 Å². The summed E-state index contributed by atoms with van der Waals surface area (Å²) in [5.74, 6) is -1.13. The Morgan fingerprint density at radius 2 is 1.71 bits per heavy atom. The second kappa shape index (κ2) is 10.3. The molecule has 0 atom stereocenters. The minimum absolute atomic E-state index is 0.282. The number of hydrogen-bond acceptors (Lipinski definition) is 6. The molecular formula is C20H20ClNO6. The number of amides is 1. The van der Waals surface area contributed by atoms with Crippen LogP contribution in [0.25, 0.3) is 0 Å². The third kappa shape index (κ3) is 6.59. The maximum Gasteiger partial charge on any atom is 0.344 e. The van der Waals surface area contributed by atoms with Crippen molar-refractivity contribution in [3.63, 3.8) is 0 Å². The second-order valence-electron chi connectivity index (χ2n) is 5.71. The predicted molar refractivity (Wildman–Crippen MR) is 104 cm³/mol. The molecule has 8 heteroatoms. The number of aryl methyl sites for hydroxylation is 1. The molecule has 148 valence electrons. The smallest absolute Gasteiger partial charge is 0.344 e. The van der Waals surface area contributed by atoms with Crippen LogP contribution >= 0.6 is 11.6 Å². The van der Waals surface area contributed by atoms with E-state index in [1.165, 1.54) is 12.1 Å². The van der Waals surface area contributed by atoms with Gasteiger partial charge in [0.15, 0.2) is 13.2 Å². The first-order chi connectivity index (χ1) is 13.4. The van der Waals surface area contributed by atoms with Crippen LogP contribution in [0.2, 0.25) is 5.02 Å². The van der Waals surface area contributed by atoms with Gasteiger partial charge < -0.3 is 19.5 Å². The Morgan fingerprint density at radius 1 is 1.00 bits per heavy atom. The lowest BCUT2D eigenvalue weighted by Crippen LogP contribution is -2.23. The summed E-state index contributed by atoms with van der Waals surface area (Å²) in [6, 6.07) is 11.2. The number of carbonyl (C=O) groups excluding carboxylic acids is 3. The van der Waals surface area contributed by atoms with Crippen molar-refractivity contribution in [3.05, 3.63) is 58.6 Å². The number of halogens is 1. The minimum atomic E-state index is -0.679. The Hall–Kier alpha value is -3.06. The quantitative estimate of drug-likeness (QED) is 0.677. The highest BCUT2D eigenvalue weighted by Gasteiger charge is 2.11. The first-order valence-corrected chi connectivity index (χ1v) is 8.88. The van der Waals surface area contributed by atoms with Crippen LogP contribution in [0.15, 0.2) is 42.5 Å². The molecule has 0 bridgehead atoms. The number of esters is 2. The number of hydrogen-bond donors (Lipinski definition) is 1. The number of anilines is 1. The zero-order chi connectivity index (χ0) is 20.5. The summed E-state index contributed by atoms with van der Waals surface area (Å²) in [6.07, 6.45) is 0. The minimum Gasteiger partial charge on any atom is -0.482 e. The molecule has 1 amide bonds. The topological polar surface area (TPSA) is 90.9 Å². The van der Waals surface area contributed by atoms with E-state index in [4.69, 9.17) is 25.8 Å². The molecule has 0 aliphatic heterocycles. The molecule has 0 heterocycles. The lowest BCUT2D eigenvalue weighted by molar-refractivity contribution is -0.149. The zero-order valence-electron chi connectivity index (χ0n) is 15.5. The van der Waals surface area contributed by atoms with Crippen LogP contribution in [-0.2, 0) is 19.1 Å². The molecule has 0 saturated heterocycles. The summed E-state index contributed by atoms with van der Waals surface area (Å²) in [5.41, 5.74) is 1.62. The molecule has 0 aromatic heterocycles. The highest BCUT2D eigenvalue weighted by molar-refractivity contribution is 6.30. The van der Waals surface area contributed by atoms with Crippen molar-refractivity contribution in [3.8, 4) is 5.75 Å². The van der Waals surface area contributed by atoms with Crippen LogP contribution in [0, 0.1) is 6.92 Å². The molecule has 0 saturated carbocycles. The van der Waals surface area contributed by atoms with Crippen LogP contribution < -0.4 is 10.1 Å². The molecule has 2 aromatic rings. The van der Waals surface area contributed by atoms with E-state index in [2.05, 4.69) is 5.32 Å². The predicted octanol–water partition coefficient (Wildman–Crippen LogP) is 3.39. The Kier molecular flexibility index (Phi) is 7.83. The Bertz CT molecular complexity index is 850. The number of ether oxygens (including phenoxy) is 3. The molecule has 2 rings (SSSR count). The maximum atomic E-state index is 11.9. The Morgan fingerprint density at radius 3 is 2.36 bits per heavy atom. The first-order valence-electron chi connectivity index (χ1n) is 8.50. The van der Waals surface area contributed by atoms with Crippen molar-refractivity contribution in [1.29, 1.82) is 0 Å². The van der Waals surface area contributed by atoms with Crippen LogP contribution in [0.4, 0.5) is 5.69 Å². The van der Waals surface area contributed by atoms with Gasteiger partial charge in [0.25, 0.3) is 5.91 Å². The molecule has 0 spiro atoms. The van der Waals surface area contributed by atoms with Gasteiger partial charge in [-0.05, 0) is 61.9 Å². The summed E-state index contributed by atoms with van der Waals surface area (Å²) in [7, 11) is 0. The van der Waals surface area contributed by atoms with Crippen molar-refractivity contribution < 1.29 is 28.6 Å². The molecule has 0 aliphatic carbocycles. The third-order valence-corrected chi connectivity index (χ3v) is 3.76. The van der Waals surface area contributed by atoms with E-state index in [1.807, 2.05) is 0 Å². The standard InChI is InChI=1S/C20H20ClNO6/c1-3-26-20(25)14-4-7-16(8-5-14)22-18(23)11-28-19(24)12-27-17-9-6-15(21)10-13(17)2/h4-10H,3,11-12H2,1-2H3,(H,22,23). The van der Waals surface area contributed by atoms with E-state index < -0.39 is 24.5 Å². The zero-order valence-corrected chi connectivity index (χ0v) is 16.2. The van der Waals surface area contributed by atoms with Gasteiger partial charge in [-0.2, -0.15) is 0 Å². The molecule has 28 heavy (non-hydrogen) atoms. The van der Waals surface area contributed by atoms with E-state index in [-0.39, 0.29) is 13.2 Å². The van der Waals surface area contributed by atoms with Crippen LogP contribution in [0.1, 0.15) is 22.8 Å². The van der Waals surface area contributed by atoms with Gasteiger partial charge in [0, 0.05) is 10.7 Å². The molecule has 0 unspecified atom stereocenters. The first kappa shape index (κ1) is 21.2. The van der Waals surface area contributed by atoms with Crippen molar-refractivity contribution in [2.75, 3.05) is 25.1 Å². The van der Waals surface area contributed by atoms with Gasteiger partial charge in [0.1, 0.15) is 5.75 Å². The molecular weight excluding hydrogens is 386 g/mol. The number of benzene rings is 2. The summed E-state index contributed by atoms with van der Waals surface area (Å²) >= 11 is 5.85. The van der Waals surface area contributed by atoms with Gasteiger partial charge in [0.05, 0.1) is 12.2 Å². The Labute approximate surface area is 167 Å². The second-order valence-corrected chi connectivity index (χ2v) is 6.14. The largest absolute Gasteiger partial charge is 0.482 e. The fourth-order valence-corrected chi connectivity index (χ4v) is 2.43. The monoisotopic (exact) mass is 405 g/mol. The normalized spacial score (nSPS) is 10.1. The van der Waals surface area contributed by atoms with Gasteiger partial charge in [0.2, 0.25) is 0 Å². The van der Waals surface area contributed by atoms with Crippen molar-refractivity contribution >= 4 is 35.1 Å². The van der Waals surface area contributed by atoms with E-state index >= 15 is 0 Å². The molecule has 2 aromatic carbocycles. The maximum absolute atomic E-state index is 11.9. The average molecular weight is 406 g/mol. The molecule has 0 fully saturated rings. The van der Waals surface area contributed by atoms with E-state index in [0.29, 0.717) is 22.0 Å². The number of nitrogens with one attached hydrogen (secondary N) is 1. The highest BCUT2D eigenvalue weighted by atomic mass is 35.5. The molecule has 0 radical (unpaired) electrons. The number of carbonyl (C=O) groups is 3. The summed E-state index contributed by atoms with van der Waals surface area (Å²) < 4.78 is 15.1. The fraction of sp³-hybridized carbons (Fsp3) is 0.250. The van der Waals surface area contributed by atoms with Gasteiger partial charge in [-0.15, -0.1) is 0 Å².